The minimum absolute atomic E-state index is 0.0850. The monoisotopic (exact) mass is 260 g/mol. The first kappa shape index (κ1) is 12.8. The lowest BCUT2D eigenvalue weighted by Crippen LogP contribution is -2.09. The summed E-state index contributed by atoms with van der Waals surface area (Å²) >= 11 is 0. The number of nitrogens with zero attached hydrogens (tertiary/aromatic N) is 2. The Bertz CT molecular complexity index is 572. The maximum atomic E-state index is 11.5. The molecule has 6 heteroatoms. The molecule has 0 aliphatic rings. The number of aromatic nitrogens is 2. The van der Waals surface area contributed by atoms with Crippen LogP contribution in [0.1, 0.15) is 16.1 Å². The van der Waals surface area contributed by atoms with Crippen molar-refractivity contribution < 1.29 is 19.4 Å². The third-order valence-electron chi connectivity index (χ3n) is 2.39. The third-order valence-corrected chi connectivity index (χ3v) is 2.39. The van der Waals surface area contributed by atoms with Crippen molar-refractivity contribution in [3.8, 4) is 11.6 Å². The van der Waals surface area contributed by atoms with Crippen molar-refractivity contribution in [1.29, 1.82) is 0 Å². The van der Waals surface area contributed by atoms with Crippen molar-refractivity contribution >= 4 is 5.97 Å². The Kier molecular flexibility index (Phi) is 3.92. The molecule has 1 N–H and O–H groups in total. The Morgan fingerprint density at radius 2 is 2.00 bits per heavy atom. The fourth-order valence-corrected chi connectivity index (χ4v) is 1.47. The summed E-state index contributed by atoms with van der Waals surface area (Å²) in [7, 11) is 1.22. The van der Waals surface area contributed by atoms with Gasteiger partial charge in [0.25, 0.3) is 5.88 Å². The van der Waals surface area contributed by atoms with Crippen LogP contribution in [-0.2, 0) is 11.3 Å². The van der Waals surface area contributed by atoms with Gasteiger partial charge in [0.05, 0.1) is 7.11 Å². The van der Waals surface area contributed by atoms with Gasteiger partial charge >= 0.3 is 5.97 Å². The van der Waals surface area contributed by atoms with Gasteiger partial charge in [-0.05, 0) is 5.56 Å². The number of carbonyl (C=O) groups is 1. The maximum absolute atomic E-state index is 11.5. The first-order chi connectivity index (χ1) is 9.22. The van der Waals surface area contributed by atoms with Crippen molar-refractivity contribution in [1.82, 2.24) is 9.97 Å². The standard InChI is InChI=1S/C13H12N2O4/c1-18-13(17)10-11(12(16)15-8-14-10)19-7-9-5-3-2-4-6-9/h2-6,8H,7H2,1H3,(H,14,15,16). The molecule has 1 aromatic heterocycles. The maximum Gasteiger partial charge on any atom is 0.360 e. The van der Waals surface area contributed by atoms with E-state index in [1.165, 1.54) is 7.11 Å². The zero-order valence-electron chi connectivity index (χ0n) is 10.2. The van der Waals surface area contributed by atoms with E-state index in [4.69, 9.17) is 4.74 Å². The van der Waals surface area contributed by atoms with E-state index in [0.717, 1.165) is 11.9 Å². The van der Waals surface area contributed by atoms with Gasteiger partial charge in [0, 0.05) is 0 Å². The summed E-state index contributed by atoms with van der Waals surface area (Å²) in [5, 5.41) is 9.63. The molecule has 0 bridgehead atoms. The van der Waals surface area contributed by atoms with Gasteiger partial charge in [0.2, 0.25) is 5.75 Å². The molecule has 0 aliphatic heterocycles. The zero-order valence-corrected chi connectivity index (χ0v) is 10.2. The van der Waals surface area contributed by atoms with E-state index in [0.29, 0.717) is 0 Å². The largest absolute Gasteiger partial charge is 0.491 e. The summed E-state index contributed by atoms with van der Waals surface area (Å²) in [6.45, 7) is 0.186. The summed E-state index contributed by atoms with van der Waals surface area (Å²) < 4.78 is 9.96. The van der Waals surface area contributed by atoms with Gasteiger partial charge in [0.15, 0.2) is 5.69 Å². The molecule has 0 radical (unpaired) electrons. The lowest BCUT2D eigenvalue weighted by atomic mass is 10.2. The first-order valence-corrected chi connectivity index (χ1v) is 5.51. The molecule has 0 fully saturated rings. The predicted molar refractivity (Wildman–Crippen MR) is 65.8 cm³/mol. The molecular weight excluding hydrogens is 248 g/mol. The van der Waals surface area contributed by atoms with Crippen LogP contribution in [0.25, 0.3) is 0 Å². The fourth-order valence-electron chi connectivity index (χ4n) is 1.47. The molecule has 0 saturated carbocycles. The van der Waals surface area contributed by atoms with Crippen LogP contribution in [0.15, 0.2) is 36.7 Å². The van der Waals surface area contributed by atoms with E-state index in [-0.39, 0.29) is 18.1 Å². The molecule has 0 spiro atoms. The number of esters is 1. The summed E-state index contributed by atoms with van der Waals surface area (Å²) in [4.78, 5) is 18.8. The first-order valence-electron chi connectivity index (χ1n) is 5.51. The van der Waals surface area contributed by atoms with Crippen molar-refractivity contribution in [2.45, 2.75) is 6.61 Å². The van der Waals surface area contributed by atoms with Crippen LogP contribution in [0.4, 0.5) is 0 Å². The molecular formula is C13H12N2O4. The highest BCUT2D eigenvalue weighted by molar-refractivity contribution is 5.90. The third kappa shape index (κ3) is 2.98. The average Bonchev–Trinajstić information content (AvgIpc) is 2.46. The average molecular weight is 260 g/mol. The second-order valence-corrected chi connectivity index (χ2v) is 3.64. The van der Waals surface area contributed by atoms with Crippen LogP contribution in [0, 0.1) is 0 Å². The van der Waals surface area contributed by atoms with Crippen molar-refractivity contribution in [3.63, 3.8) is 0 Å². The SMILES string of the molecule is COC(=O)c1ncnc(O)c1OCc1ccccc1. The molecule has 1 aromatic carbocycles. The Labute approximate surface area is 109 Å². The summed E-state index contributed by atoms with van der Waals surface area (Å²) in [5.74, 6) is -1.18. The van der Waals surface area contributed by atoms with Crippen molar-refractivity contribution in [3.05, 3.63) is 47.9 Å². The molecule has 2 rings (SSSR count). The van der Waals surface area contributed by atoms with Crippen LogP contribution in [-0.4, -0.2) is 28.2 Å². The Morgan fingerprint density at radius 3 is 2.68 bits per heavy atom. The number of benzene rings is 1. The van der Waals surface area contributed by atoms with E-state index in [9.17, 15) is 9.90 Å². The fraction of sp³-hybridized carbons (Fsp3) is 0.154. The minimum atomic E-state index is -0.694. The van der Waals surface area contributed by atoms with E-state index in [1.807, 2.05) is 30.3 Å². The lowest BCUT2D eigenvalue weighted by molar-refractivity contribution is 0.0586. The van der Waals surface area contributed by atoms with Crippen molar-refractivity contribution in [2.75, 3.05) is 7.11 Å². The van der Waals surface area contributed by atoms with Crippen LogP contribution in [0.2, 0.25) is 0 Å². The normalized spacial score (nSPS) is 9.95. The predicted octanol–water partition coefficient (Wildman–Crippen LogP) is 1.55. The molecule has 0 aliphatic carbocycles. The molecule has 0 saturated heterocycles. The zero-order chi connectivity index (χ0) is 13.7. The molecule has 0 amide bonds. The highest BCUT2D eigenvalue weighted by Crippen LogP contribution is 2.27. The van der Waals surface area contributed by atoms with E-state index < -0.39 is 11.8 Å². The number of methoxy groups -OCH3 is 1. The number of rotatable bonds is 4. The molecule has 98 valence electrons. The highest BCUT2D eigenvalue weighted by Gasteiger charge is 2.19. The van der Waals surface area contributed by atoms with Gasteiger partial charge in [-0.1, -0.05) is 30.3 Å². The van der Waals surface area contributed by atoms with Crippen LogP contribution < -0.4 is 4.74 Å². The Balaban J connectivity index is 2.22. The molecule has 1 heterocycles. The number of hydrogen-bond donors (Lipinski definition) is 1. The van der Waals surface area contributed by atoms with Gasteiger partial charge in [-0.2, -0.15) is 4.98 Å². The van der Waals surface area contributed by atoms with Gasteiger partial charge in [0.1, 0.15) is 12.9 Å². The number of carbonyl (C=O) groups excluding carboxylic acids is 1. The van der Waals surface area contributed by atoms with Crippen LogP contribution >= 0.6 is 0 Å². The Hall–Kier alpha value is -2.63. The lowest BCUT2D eigenvalue weighted by Gasteiger charge is -2.10. The summed E-state index contributed by atoms with van der Waals surface area (Å²) in [6.07, 6.45) is 1.07. The van der Waals surface area contributed by atoms with E-state index >= 15 is 0 Å². The summed E-state index contributed by atoms with van der Waals surface area (Å²) in [6, 6.07) is 9.33. The quantitative estimate of drug-likeness (QED) is 0.840. The van der Waals surface area contributed by atoms with Crippen LogP contribution in [0.5, 0.6) is 11.6 Å². The molecule has 19 heavy (non-hydrogen) atoms. The minimum Gasteiger partial charge on any atom is -0.491 e. The second kappa shape index (κ2) is 5.81. The number of ether oxygens (including phenoxy) is 2. The van der Waals surface area contributed by atoms with E-state index in [1.54, 1.807) is 0 Å². The smallest absolute Gasteiger partial charge is 0.360 e. The van der Waals surface area contributed by atoms with Crippen LogP contribution in [0.3, 0.4) is 0 Å². The van der Waals surface area contributed by atoms with Gasteiger partial charge in [-0.15, -0.1) is 0 Å². The molecule has 2 aromatic rings. The van der Waals surface area contributed by atoms with Gasteiger partial charge in [-0.3, -0.25) is 0 Å². The topological polar surface area (TPSA) is 81.5 Å². The molecule has 6 nitrogen and oxygen atoms in total. The Morgan fingerprint density at radius 1 is 1.26 bits per heavy atom. The number of aromatic hydroxyl groups is 1. The van der Waals surface area contributed by atoms with Crippen molar-refractivity contribution in [2.24, 2.45) is 0 Å². The molecule has 0 atom stereocenters. The van der Waals surface area contributed by atoms with Gasteiger partial charge in [-0.25, -0.2) is 9.78 Å². The van der Waals surface area contributed by atoms with E-state index in [2.05, 4.69) is 14.7 Å². The van der Waals surface area contributed by atoms with Gasteiger partial charge < -0.3 is 14.6 Å². The second-order valence-electron chi connectivity index (χ2n) is 3.64. The molecule has 0 unspecified atom stereocenters. The highest BCUT2D eigenvalue weighted by atomic mass is 16.5. The number of hydrogen-bond acceptors (Lipinski definition) is 6. The summed E-state index contributed by atoms with van der Waals surface area (Å²) in [5.41, 5.74) is 0.785.